The summed E-state index contributed by atoms with van der Waals surface area (Å²) < 4.78 is 5.17. The summed E-state index contributed by atoms with van der Waals surface area (Å²) in [6.07, 6.45) is 2.18. The van der Waals surface area contributed by atoms with Gasteiger partial charge in [0, 0.05) is 13.0 Å². The monoisotopic (exact) mass is 216 g/mol. The van der Waals surface area contributed by atoms with Gasteiger partial charge in [0.25, 0.3) is 0 Å². The van der Waals surface area contributed by atoms with Crippen molar-refractivity contribution in [3.05, 3.63) is 0 Å². The molecule has 0 rings (SSSR count). The van der Waals surface area contributed by atoms with Crippen molar-refractivity contribution in [1.82, 2.24) is 0 Å². The van der Waals surface area contributed by atoms with Crippen LogP contribution in [0.15, 0.2) is 0 Å². The Balaban J connectivity index is 3.87. The summed E-state index contributed by atoms with van der Waals surface area (Å²) in [7, 11) is 0. The van der Waals surface area contributed by atoms with Crippen LogP contribution >= 0.6 is 0 Å². The predicted octanol–water partition coefficient (Wildman–Crippen LogP) is 2.37. The van der Waals surface area contributed by atoms with Crippen LogP contribution in [0.4, 0.5) is 0 Å². The summed E-state index contributed by atoms with van der Waals surface area (Å²) in [4.78, 5) is 11.2. The fraction of sp³-hybridized carbons (Fsp3) is 0.917. The van der Waals surface area contributed by atoms with Gasteiger partial charge in [-0.25, -0.2) is 0 Å². The molecule has 0 radical (unpaired) electrons. The van der Waals surface area contributed by atoms with E-state index in [-0.39, 0.29) is 23.9 Å². The quantitative estimate of drug-likeness (QED) is 0.665. The molecule has 0 bridgehead atoms. The molecule has 90 valence electrons. The van der Waals surface area contributed by atoms with Crippen LogP contribution in [0.3, 0.4) is 0 Å². The molecule has 1 N–H and O–H groups in total. The van der Waals surface area contributed by atoms with E-state index >= 15 is 0 Å². The Labute approximate surface area is 92.8 Å². The van der Waals surface area contributed by atoms with Gasteiger partial charge in [-0.1, -0.05) is 27.7 Å². The zero-order chi connectivity index (χ0) is 11.9. The first-order valence-corrected chi connectivity index (χ1v) is 5.67. The number of carbonyl (C=O) groups excluding carboxylic acids is 1. The van der Waals surface area contributed by atoms with Crippen molar-refractivity contribution in [2.24, 2.45) is 11.3 Å². The third-order valence-electron chi connectivity index (χ3n) is 2.29. The van der Waals surface area contributed by atoms with Gasteiger partial charge in [-0.15, -0.1) is 0 Å². The number of aliphatic hydroxyl groups excluding tert-OH is 1. The summed E-state index contributed by atoms with van der Waals surface area (Å²) >= 11 is 0. The largest absolute Gasteiger partial charge is 0.465 e. The highest BCUT2D eigenvalue weighted by molar-refractivity contribution is 5.69. The van der Waals surface area contributed by atoms with E-state index in [1.165, 1.54) is 0 Å². The molecule has 0 aliphatic rings. The lowest BCUT2D eigenvalue weighted by atomic mass is 9.84. The van der Waals surface area contributed by atoms with Crippen molar-refractivity contribution >= 4 is 5.97 Å². The van der Waals surface area contributed by atoms with Crippen molar-refractivity contribution < 1.29 is 14.6 Å². The second-order valence-corrected chi connectivity index (χ2v) is 5.07. The maximum Gasteiger partial charge on any atom is 0.305 e. The SMILES string of the molecule is CCCC(=O)OCC(C)(C)CC(C)CO. The van der Waals surface area contributed by atoms with Crippen LogP contribution < -0.4 is 0 Å². The molecule has 0 aromatic heterocycles. The number of hydrogen-bond donors (Lipinski definition) is 1. The molecule has 0 aromatic carbocycles. The lowest BCUT2D eigenvalue weighted by Gasteiger charge is -2.26. The summed E-state index contributed by atoms with van der Waals surface area (Å²) in [5.41, 5.74) is -0.0501. The molecule has 0 amide bonds. The molecule has 3 nitrogen and oxygen atoms in total. The van der Waals surface area contributed by atoms with Crippen molar-refractivity contribution in [3.63, 3.8) is 0 Å². The molecule has 1 unspecified atom stereocenters. The molecular formula is C12H24O3. The smallest absolute Gasteiger partial charge is 0.305 e. The molecule has 0 aliphatic carbocycles. The molecule has 1 atom stereocenters. The van der Waals surface area contributed by atoms with Crippen molar-refractivity contribution in [2.45, 2.75) is 47.0 Å². The van der Waals surface area contributed by atoms with Gasteiger partial charge in [0.2, 0.25) is 0 Å². The maximum atomic E-state index is 11.2. The van der Waals surface area contributed by atoms with Gasteiger partial charge in [0.1, 0.15) is 0 Å². The molecule has 0 spiro atoms. The van der Waals surface area contributed by atoms with Gasteiger partial charge in [-0.2, -0.15) is 0 Å². The molecular weight excluding hydrogens is 192 g/mol. The second kappa shape index (κ2) is 6.83. The van der Waals surface area contributed by atoms with Gasteiger partial charge in [0.15, 0.2) is 0 Å². The second-order valence-electron chi connectivity index (χ2n) is 5.07. The van der Waals surface area contributed by atoms with E-state index in [2.05, 4.69) is 13.8 Å². The Bertz CT molecular complexity index is 187. The van der Waals surface area contributed by atoms with Gasteiger partial charge >= 0.3 is 5.97 Å². The topological polar surface area (TPSA) is 46.5 Å². The summed E-state index contributed by atoms with van der Waals surface area (Å²) in [5.74, 6) is 0.132. The highest BCUT2D eigenvalue weighted by Gasteiger charge is 2.22. The number of aliphatic hydroxyl groups is 1. The van der Waals surface area contributed by atoms with Crippen molar-refractivity contribution in [1.29, 1.82) is 0 Å². The van der Waals surface area contributed by atoms with Crippen LogP contribution in [0.25, 0.3) is 0 Å². The fourth-order valence-electron chi connectivity index (χ4n) is 1.62. The molecule has 3 heteroatoms. The normalized spacial score (nSPS) is 13.7. The van der Waals surface area contributed by atoms with E-state index in [1.807, 2.05) is 13.8 Å². The lowest BCUT2D eigenvalue weighted by Crippen LogP contribution is -2.25. The number of rotatable bonds is 7. The number of hydrogen-bond acceptors (Lipinski definition) is 3. The van der Waals surface area contributed by atoms with E-state index in [1.54, 1.807) is 0 Å². The average Bonchev–Trinajstić information content (AvgIpc) is 2.15. The first-order valence-electron chi connectivity index (χ1n) is 5.67. The third kappa shape index (κ3) is 7.37. The molecule has 15 heavy (non-hydrogen) atoms. The number of esters is 1. The number of ether oxygens (including phenoxy) is 1. The zero-order valence-electron chi connectivity index (χ0n) is 10.4. The van der Waals surface area contributed by atoms with Crippen molar-refractivity contribution in [3.8, 4) is 0 Å². The summed E-state index contributed by atoms with van der Waals surface area (Å²) in [6, 6.07) is 0. The Morgan fingerprint density at radius 1 is 1.47 bits per heavy atom. The van der Waals surface area contributed by atoms with Crippen molar-refractivity contribution in [2.75, 3.05) is 13.2 Å². The molecule has 0 saturated heterocycles. The minimum absolute atomic E-state index is 0.0501. The van der Waals surface area contributed by atoms with Crippen LogP contribution in [-0.2, 0) is 9.53 Å². The van der Waals surface area contributed by atoms with Crippen LogP contribution in [-0.4, -0.2) is 24.3 Å². The van der Waals surface area contributed by atoms with Gasteiger partial charge < -0.3 is 9.84 Å². The Morgan fingerprint density at radius 3 is 2.53 bits per heavy atom. The molecule has 0 aromatic rings. The maximum absolute atomic E-state index is 11.2. The molecule has 0 heterocycles. The molecule has 0 aliphatic heterocycles. The average molecular weight is 216 g/mol. The minimum Gasteiger partial charge on any atom is -0.465 e. The summed E-state index contributed by atoms with van der Waals surface area (Å²) in [5, 5.41) is 8.95. The Kier molecular flexibility index (Phi) is 6.57. The fourth-order valence-corrected chi connectivity index (χ4v) is 1.62. The first-order chi connectivity index (χ1) is 6.91. The highest BCUT2D eigenvalue weighted by Crippen LogP contribution is 2.25. The van der Waals surface area contributed by atoms with E-state index < -0.39 is 0 Å². The summed E-state index contributed by atoms with van der Waals surface area (Å²) in [6.45, 7) is 8.69. The molecule has 0 fully saturated rings. The van der Waals surface area contributed by atoms with Crippen LogP contribution in [0, 0.1) is 11.3 Å². The zero-order valence-corrected chi connectivity index (χ0v) is 10.4. The highest BCUT2D eigenvalue weighted by atomic mass is 16.5. The van der Waals surface area contributed by atoms with E-state index in [4.69, 9.17) is 9.84 Å². The first kappa shape index (κ1) is 14.4. The number of carbonyl (C=O) groups is 1. The minimum atomic E-state index is -0.123. The van der Waals surface area contributed by atoms with Crippen LogP contribution in [0.1, 0.15) is 47.0 Å². The molecule has 0 saturated carbocycles. The van der Waals surface area contributed by atoms with Crippen LogP contribution in [0.2, 0.25) is 0 Å². The van der Waals surface area contributed by atoms with E-state index in [9.17, 15) is 4.79 Å². The van der Waals surface area contributed by atoms with E-state index in [0.29, 0.717) is 13.0 Å². The third-order valence-corrected chi connectivity index (χ3v) is 2.29. The van der Waals surface area contributed by atoms with Gasteiger partial charge in [-0.3, -0.25) is 4.79 Å². The van der Waals surface area contributed by atoms with Gasteiger partial charge in [0.05, 0.1) is 6.61 Å². The van der Waals surface area contributed by atoms with Crippen LogP contribution in [0.5, 0.6) is 0 Å². The lowest BCUT2D eigenvalue weighted by molar-refractivity contribution is -0.147. The van der Waals surface area contributed by atoms with Gasteiger partial charge in [-0.05, 0) is 24.2 Å². The standard InChI is InChI=1S/C12H24O3/c1-5-6-11(14)15-9-12(3,4)7-10(2)8-13/h10,13H,5-9H2,1-4H3. The van der Waals surface area contributed by atoms with E-state index in [0.717, 1.165) is 12.8 Å². The Hall–Kier alpha value is -0.570. The predicted molar refractivity (Wildman–Crippen MR) is 60.5 cm³/mol. The Morgan fingerprint density at radius 2 is 2.07 bits per heavy atom.